The third-order valence-electron chi connectivity index (χ3n) is 6.72. The van der Waals surface area contributed by atoms with Gasteiger partial charge < -0.3 is 0 Å². The molecule has 5 rings (SSSR count). The lowest BCUT2D eigenvalue weighted by molar-refractivity contribution is 0.670. The summed E-state index contributed by atoms with van der Waals surface area (Å²) in [5.74, 6) is 0. The molecule has 1 aromatic carbocycles. The summed E-state index contributed by atoms with van der Waals surface area (Å²) in [5, 5.41) is 0. The van der Waals surface area contributed by atoms with Gasteiger partial charge in [-0.15, -0.1) is 34.0 Å². The van der Waals surface area contributed by atoms with Crippen LogP contribution in [0.25, 0.3) is 34.2 Å². The second-order valence-corrected chi connectivity index (χ2v) is 13.2. The van der Waals surface area contributed by atoms with Gasteiger partial charge in [-0.05, 0) is 74.2 Å². The second-order valence-electron chi connectivity index (χ2n) is 9.76. The molecule has 4 heterocycles. The van der Waals surface area contributed by atoms with Crippen molar-refractivity contribution in [2.75, 3.05) is 0 Å². The van der Waals surface area contributed by atoms with Crippen molar-refractivity contribution < 1.29 is 0 Å². The number of aryl methyl sites for hydroxylation is 2. The molecule has 0 aliphatic rings. The highest BCUT2D eigenvalue weighted by atomic mass is 32.1. The average Bonchev–Trinajstić information content (AvgIpc) is 3.64. The number of para-hydroxylation sites is 2. The van der Waals surface area contributed by atoms with E-state index in [0.717, 1.165) is 22.1 Å². The van der Waals surface area contributed by atoms with Gasteiger partial charge in [0.15, 0.2) is 0 Å². The van der Waals surface area contributed by atoms with Crippen LogP contribution in [0.4, 0.5) is 0 Å². The first kappa shape index (κ1) is 26.3. The Morgan fingerprint density at radius 3 is 1.51 bits per heavy atom. The lowest BCUT2D eigenvalue weighted by atomic mass is 10.1. The van der Waals surface area contributed by atoms with Crippen LogP contribution in [-0.4, -0.2) is 9.97 Å². The number of benzene rings is 1. The van der Waals surface area contributed by atoms with Crippen molar-refractivity contribution in [3.8, 4) is 0 Å². The average molecular weight is 545 g/mol. The Bertz CT molecular complexity index is 1450. The molecule has 192 valence electrons. The van der Waals surface area contributed by atoms with Crippen LogP contribution >= 0.6 is 34.0 Å². The number of aromatic nitrogens is 2. The maximum Gasteiger partial charge on any atom is 0.108 e. The van der Waals surface area contributed by atoms with Crippen LogP contribution in [0.3, 0.4) is 0 Å². The molecule has 0 aliphatic carbocycles. The molecule has 0 N–H and O–H groups in total. The zero-order valence-corrected chi connectivity index (χ0v) is 24.4. The molecule has 0 aliphatic heterocycles. The number of unbranched alkanes of at least 4 members (excludes halogenated alkanes) is 6. The molecular formula is C32H36N2S3. The molecule has 5 aromatic rings. The fraction of sp³-hybridized carbons (Fsp3) is 0.375. The summed E-state index contributed by atoms with van der Waals surface area (Å²) in [6.07, 6.45) is 17.5. The molecule has 0 saturated carbocycles. The maximum atomic E-state index is 5.08. The van der Waals surface area contributed by atoms with Gasteiger partial charge in [-0.2, -0.15) is 0 Å². The number of thiophene rings is 3. The third-order valence-corrected chi connectivity index (χ3v) is 9.97. The summed E-state index contributed by atoms with van der Waals surface area (Å²) >= 11 is 5.66. The minimum atomic E-state index is 0.960. The molecule has 0 saturated heterocycles. The maximum absolute atomic E-state index is 5.08. The Labute approximate surface area is 232 Å². The largest absolute Gasteiger partial charge is 0.243 e. The van der Waals surface area contributed by atoms with Crippen LogP contribution < -0.4 is 9.06 Å². The highest BCUT2D eigenvalue weighted by Crippen LogP contribution is 2.22. The Morgan fingerprint density at radius 2 is 1.05 bits per heavy atom. The standard InChI is InChI=1S/C32H36N2S3/c1-3-5-7-9-13-23-17-19-25(35-23)21-29-31-32(34-28-16-12-11-15-27(28)33-31)30(37-29)22-26-20-18-24(36-26)14-10-8-6-4-2/h11-12,15-22H,3-10,13-14H2,1-2H3/b29-21-,30-22-. The Morgan fingerprint density at radius 1 is 0.568 bits per heavy atom. The molecular weight excluding hydrogens is 509 g/mol. The van der Waals surface area contributed by atoms with Crippen LogP contribution in [0.2, 0.25) is 0 Å². The summed E-state index contributed by atoms with van der Waals surface area (Å²) in [7, 11) is 0. The number of hydrogen-bond acceptors (Lipinski definition) is 5. The topological polar surface area (TPSA) is 25.8 Å². The lowest BCUT2D eigenvalue weighted by Crippen LogP contribution is -1.97. The predicted molar refractivity (Wildman–Crippen MR) is 166 cm³/mol. The summed E-state index contributed by atoms with van der Waals surface area (Å²) in [6.45, 7) is 4.54. The zero-order chi connectivity index (χ0) is 25.5. The number of nitrogens with zero attached hydrogens (tertiary/aromatic N) is 2. The molecule has 0 amide bonds. The monoisotopic (exact) mass is 544 g/mol. The number of hydrogen-bond donors (Lipinski definition) is 0. The lowest BCUT2D eigenvalue weighted by Gasteiger charge is -1.97. The normalized spacial score (nSPS) is 12.9. The summed E-state index contributed by atoms with van der Waals surface area (Å²) in [4.78, 5) is 15.7. The Balaban J connectivity index is 1.50. The fourth-order valence-corrected chi connectivity index (χ4v) is 7.91. The highest BCUT2D eigenvalue weighted by molar-refractivity contribution is 7.14. The van der Waals surface area contributed by atoms with Crippen molar-refractivity contribution >= 4 is 68.2 Å². The van der Waals surface area contributed by atoms with E-state index in [0.29, 0.717) is 0 Å². The zero-order valence-electron chi connectivity index (χ0n) is 22.0. The van der Waals surface area contributed by atoms with E-state index in [1.807, 2.05) is 46.1 Å². The summed E-state index contributed by atoms with van der Waals surface area (Å²) in [5.41, 5.74) is 3.96. The van der Waals surface area contributed by atoms with E-state index in [1.165, 1.54) is 92.8 Å². The van der Waals surface area contributed by atoms with E-state index >= 15 is 0 Å². The van der Waals surface area contributed by atoms with Gasteiger partial charge in [0.1, 0.15) is 11.0 Å². The summed E-state index contributed by atoms with van der Waals surface area (Å²) in [6, 6.07) is 17.4. The van der Waals surface area contributed by atoms with E-state index in [-0.39, 0.29) is 0 Å². The Kier molecular flexibility index (Phi) is 9.19. The molecule has 0 atom stereocenters. The molecule has 0 spiro atoms. The number of fused-ring (bicyclic) bond motifs is 2. The Hall–Kier alpha value is -2.34. The molecule has 0 unspecified atom stereocenters. The van der Waals surface area contributed by atoms with E-state index in [4.69, 9.17) is 9.97 Å². The van der Waals surface area contributed by atoms with Gasteiger partial charge >= 0.3 is 0 Å². The highest BCUT2D eigenvalue weighted by Gasteiger charge is 2.09. The van der Waals surface area contributed by atoms with E-state index in [9.17, 15) is 0 Å². The molecule has 0 fully saturated rings. The molecule has 2 nitrogen and oxygen atoms in total. The molecule has 5 heteroatoms. The summed E-state index contributed by atoms with van der Waals surface area (Å²) < 4.78 is 2.41. The van der Waals surface area contributed by atoms with Gasteiger partial charge in [-0.3, -0.25) is 0 Å². The van der Waals surface area contributed by atoms with Crippen molar-refractivity contribution in [3.05, 3.63) is 77.1 Å². The number of rotatable bonds is 12. The first-order chi connectivity index (χ1) is 18.2. The first-order valence-corrected chi connectivity index (χ1v) is 16.2. The van der Waals surface area contributed by atoms with Crippen molar-refractivity contribution in [1.29, 1.82) is 0 Å². The fourth-order valence-electron chi connectivity index (χ4n) is 4.68. The van der Waals surface area contributed by atoms with Crippen LogP contribution in [0.5, 0.6) is 0 Å². The second kappa shape index (κ2) is 12.9. The van der Waals surface area contributed by atoms with Gasteiger partial charge in [0.05, 0.1) is 20.1 Å². The van der Waals surface area contributed by atoms with Crippen molar-refractivity contribution in [2.45, 2.75) is 78.1 Å². The van der Waals surface area contributed by atoms with Crippen molar-refractivity contribution in [2.24, 2.45) is 0 Å². The van der Waals surface area contributed by atoms with E-state index < -0.39 is 0 Å². The van der Waals surface area contributed by atoms with Crippen LogP contribution in [0.15, 0.2) is 48.5 Å². The van der Waals surface area contributed by atoms with Gasteiger partial charge in [-0.25, -0.2) is 9.97 Å². The predicted octanol–water partition coefficient (Wildman–Crippen LogP) is 8.87. The van der Waals surface area contributed by atoms with Crippen LogP contribution in [0, 0.1) is 0 Å². The van der Waals surface area contributed by atoms with E-state index in [2.05, 4.69) is 62.4 Å². The molecule has 0 radical (unpaired) electrons. The molecule has 4 aromatic heterocycles. The van der Waals surface area contributed by atoms with Crippen molar-refractivity contribution in [3.63, 3.8) is 0 Å². The third kappa shape index (κ3) is 6.76. The molecule has 37 heavy (non-hydrogen) atoms. The van der Waals surface area contributed by atoms with Gasteiger partial charge in [0.2, 0.25) is 0 Å². The smallest absolute Gasteiger partial charge is 0.108 e. The van der Waals surface area contributed by atoms with E-state index in [1.54, 1.807) is 0 Å². The van der Waals surface area contributed by atoms with Gasteiger partial charge in [0.25, 0.3) is 0 Å². The van der Waals surface area contributed by atoms with Crippen LogP contribution in [0.1, 0.15) is 84.7 Å². The molecule has 0 bridgehead atoms. The first-order valence-electron chi connectivity index (χ1n) is 13.8. The van der Waals surface area contributed by atoms with Gasteiger partial charge in [0, 0.05) is 19.5 Å². The minimum absolute atomic E-state index is 0.960. The van der Waals surface area contributed by atoms with Gasteiger partial charge in [-0.1, -0.05) is 64.5 Å². The van der Waals surface area contributed by atoms with Crippen molar-refractivity contribution in [1.82, 2.24) is 9.97 Å². The minimum Gasteiger partial charge on any atom is -0.243 e. The SMILES string of the molecule is CCCCCCc1ccc(/C=c2\s/c(=C\c3ccc(CCCCCC)s3)c3nc4ccccc4nc23)s1. The van der Waals surface area contributed by atoms with Crippen LogP contribution in [-0.2, 0) is 12.8 Å². The quantitative estimate of drug-likeness (QED) is 0.147.